The van der Waals surface area contributed by atoms with Crippen LogP contribution in [0, 0.1) is 23.0 Å². The molecule has 0 saturated heterocycles. The SMILES string of the molecule is C=CC(O)Cc1c(F)cc(F)c(C#N)c1O[Si](C)(C)C(C)(C)C. The van der Waals surface area contributed by atoms with E-state index in [-0.39, 0.29) is 28.3 Å². The largest absolute Gasteiger partial charge is 0.542 e. The fourth-order valence-corrected chi connectivity index (χ4v) is 2.79. The second-order valence-corrected chi connectivity index (χ2v) is 11.7. The Morgan fingerprint density at radius 3 is 2.39 bits per heavy atom. The van der Waals surface area contributed by atoms with Crippen LogP contribution in [0.15, 0.2) is 18.7 Å². The first-order valence-electron chi connectivity index (χ1n) is 7.35. The number of hydrogen-bond donors (Lipinski definition) is 1. The first-order valence-corrected chi connectivity index (χ1v) is 10.3. The molecule has 0 fully saturated rings. The van der Waals surface area contributed by atoms with Crippen molar-refractivity contribution in [3.8, 4) is 11.8 Å². The number of halogens is 2. The molecule has 0 aromatic heterocycles. The summed E-state index contributed by atoms with van der Waals surface area (Å²) in [6.45, 7) is 13.2. The highest BCUT2D eigenvalue weighted by Crippen LogP contribution is 2.40. The molecular weight excluding hydrogens is 316 g/mol. The average molecular weight is 339 g/mol. The normalized spacial score (nSPS) is 13.3. The highest BCUT2D eigenvalue weighted by Gasteiger charge is 2.40. The minimum Gasteiger partial charge on any atom is -0.542 e. The van der Waals surface area contributed by atoms with E-state index in [0.717, 1.165) is 0 Å². The highest BCUT2D eigenvalue weighted by molar-refractivity contribution is 6.74. The van der Waals surface area contributed by atoms with Crippen LogP contribution < -0.4 is 4.43 Å². The van der Waals surface area contributed by atoms with Crippen LogP contribution in [0.2, 0.25) is 18.1 Å². The van der Waals surface area contributed by atoms with Gasteiger partial charge in [0.2, 0.25) is 0 Å². The zero-order valence-corrected chi connectivity index (χ0v) is 15.2. The van der Waals surface area contributed by atoms with Gasteiger partial charge >= 0.3 is 0 Å². The van der Waals surface area contributed by atoms with Crippen molar-refractivity contribution < 1.29 is 18.3 Å². The Bertz CT molecular complexity index is 645. The Kier molecular flexibility index (Phi) is 5.73. The summed E-state index contributed by atoms with van der Waals surface area (Å²) in [6, 6.07) is 2.40. The van der Waals surface area contributed by atoms with Crippen LogP contribution in [0.1, 0.15) is 31.9 Å². The van der Waals surface area contributed by atoms with Gasteiger partial charge in [-0.25, -0.2) is 8.78 Å². The molecule has 1 rings (SSSR count). The van der Waals surface area contributed by atoms with Crippen molar-refractivity contribution in [2.24, 2.45) is 0 Å². The second-order valence-electron chi connectivity index (χ2n) is 7.00. The third-order valence-corrected chi connectivity index (χ3v) is 8.57. The molecule has 1 aromatic rings. The zero-order chi connectivity index (χ0) is 18.0. The van der Waals surface area contributed by atoms with Crippen LogP contribution in [0.25, 0.3) is 0 Å². The van der Waals surface area contributed by atoms with E-state index in [9.17, 15) is 19.1 Å². The minimum absolute atomic E-state index is 0.000162. The van der Waals surface area contributed by atoms with Gasteiger partial charge in [0.1, 0.15) is 29.0 Å². The van der Waals surface area contributed by atoms with E-state index in [1.54, 1.807) is 6.07 Å². The number of rotatable bonds is 5. The summed E-state index contributed by atoms with van der Waals surface area (Å²) in [5.41, 5.74) is -0.331. The smallest absolute Gasteiger partial charge is 0.250 e. The summed E-state index contributed by atoms with van der Waals surface area (Å²) in [6.07, 6.45) is 0.113. The van der Waals surface area contributed by atoms with E-state index < -0.39 is 26.1 Å². The molecule has 0 radical (unpaired) electrons. The topological polar surface area (TPSA) is 53.2 Å². The van der Waals surface area contributed by atoms with Gasteiger partial charge in [-0.3, -0.25) is 0 Å². The fraction of sp³-hybridized carbons (Fsp3) is 0.471. The van der Waals surface area contributed by atoms with Crippen molar-refractivity contribution in [3.63, 3.8) is 0 Å². The van der Waals surface area contributed by atoms with Gasteiger partial charge in [-0.1, -0.05) is 26.8 Å². The van der Waals surface area contributed by atoms with Gasteiger partial charge in [0.05, 0.1) is 6.10 Å². The summed E-state index contributed by atoms with van der Waals surface area (Å²) in [7, 11) is -2.42. The molecule has 0 aliphatic carbocycles. The zero-order valence-electron chi connectivity index (χ0n) is 14.2. The van der Waals surface area contributed by atoms with Crippen LogP contribution in [0.4, 0.5) is 8.78 Å². The molecule has 0 amide bonds. The molecule has 1 aromatic carbocycles. The van der Waals surface area contributed by atoms with E-state index in [1.807, 2.05) is 33.9 Å². The number of aliphatic hydroxyl groups is 1. The van der Waals surface area contributed by atoms with E-state index in [4.69, 9.17) is 4.43 Å². The molecule has 0 aliphatic heterocycles. The Morgan fingerprint density at radius 2 is 1.96 bits per heavy atom. The van der Waals surface area contributed by atoms with Gasteiger partial charge in [-0.15, -0.1) is 6.58 Å². The first-order chi connectivity index (χ1) is 10.4. The van der Waals surface area contributed by atoms with Gasteiger partial charge in [0.25, 0.3) is 8.32 Å². The second kappa shape index (κ2) is 6.81. The summed E-state index contributed by atoms with van der Waals surface area (Å²) >= 11 is 0. The van der Waals surface area contributed by atoms with Crippen molar-refractivity contribution in [1.82, 2.24) is 0 Å². The predicted octanol–water partition coefficient (Wildman–Crippen LogP) is 4.31. The molecule has 0 spiro atoms. The number of aliphatic hydroxyl groups excluding tert-OH is 1. The molecule has 0 saturated carbocycles. The van der Waals surface area contributed by atoms with Crippen LogP contribution >= 0.6 is 0 Å². The lowest BCUT2D eigenvalue weighted by Gasteiger charge is -2.37. The third-order valence-electron chi connectivity index (χ3n) is 4.24. The fourth-order valence-electron chi connectivity index (χ4n) is 1.75. The lowest BCUT2D eigenvalue weighted by molar-refractivity contribution is 0.221. The van der Waals surface area contributed by atoms with Gasteiger partial charge in [-0.2, -0.15) is 5.26 Å². The number of nitrogens with zero attached hydrogens (tertiary/aromatic N) is 1. The summed E-state index contributed by atoms with van der Waals surface area (Å²) in [4.78, 5) is 0. The maximum Gasteiger partial charge on any atom is 0.250 e. The van der Waals surface area contributed by atoms with E-state index in [2.05, 4.69) is 6.58 Å². The maximum absolute atomic E-state index is 14.2. The Balaban J connectivity index is 3.54. The monoisotopic (exact) mass is 339 g/mol. The summed E-state index contributed by atoms with van der Waals surface area (Å²) in [5, 5.41) is 18.8. The van der Waals surface area contributed by atoms with Crippen molar-refractivity contribution in [2.45, 2.75) is 51.4 Å². The lowest BCUT2D eigenvalue weighted by atomic mass is 10.0. The molecule has 0 heterocycles. The maximum atomic E-state index is 14.2. The molecule has 23 heavy (non-hydrogen) atoms. The number of hydrogen-bond acceptors (Lipinski definition) is 3. The first kappa shape index (κ1) is 19.3. The van der Waals surface area contributed by atoms with Crippen LogP contribution in [0.5, 0.6) is 5.75 Å². The Hall–Kier alpha value is -1.71. The number of benzene rings is 1. The molecule has 3 nitrogen and oxygen atoms in total. The molecule has 0 aliphatic rings. The molecule has 1 atom stereocenters. The number of nitriles is 1. The Morgan fingerprint density at radius 1 is 1.39 bits per heavy atom. The van der Waals surface area contributed by atoms with Crippen molar-refractivity contribution in [3.05, 3.63) is 41.5 Å². The summed E-state index contributed by atoms with van der Waals surface area (Å²) in [5.74, 6) is -1.90. The summed E-state index contributed by atoms with van der Waals surface area (Å²) < 4.78 is 34.2. The predicted molar refractivity (Wildman–Crippen MR) is 88.8 cm³/mol. The molecular formula is C17H23F2NO2Si. The van der Waals surface area contributed by atoms with Gasteiger partial charge in [0.15, 0.2) is 0 Å². The van der Waals surface area contributed by atoms with E-state index in [1.165, 1.54) is 6.08 Å². The highest BCUT2D eigenvalue weighted by atomic mass is 28.4. The molecule has 6 heteroatoms. The van der Waals surface area contributed by atoms with E-state index >= 15 is 0 Å². The molecule has 126 valence electrons. The van der Waals surface area contributed by atoms with Crippen molar-refractivity contribution >= 4 is 8.32 Å². The van der Waals surface area contributed by atoms with Gasteiger partial charge < -0.3 is 9.53 Å². The minimum atomic E-state index is -2.42. The third kappa shape index (κ3) is 4.18. The Labute approximate surface area is 137 Å². The van der Waals surface area contributed by atoms with Crippen LogP contribution in [-0.4, -0.2) is 19.5 Å². The molecule has 0 bridgehead atoms. The quantitative estimate of drug-likeness (QED) is 0.642. The van der Waals surface area contributed by atoms with Gasteiger partial charge in [0, 0.05) is 18.1 Å². The van der Waals surface area contributed by atoms with Crippen molar-refractivity contribution in [2.75, 3.05) is 0 Å². The van der Waals surface area contributed by atoms with Crippen LogP contribution in [-0.2, 0) is 6.42 Å². The van der Waals surface area contributed by atoms with Crippen molar-refractivity contribution in [1.29, 1.82) is 5.26 Å². The average Bonchev–Trinajstić information content (AvgIpc) is 2.41. The van der Waals surface area contributed by atoms with E-state index in [0.29, 0.717) is 6.07 Å². The molecule has 1 N–H and O–H groups in total. The van der Waals surface area contributed by atoms with Gasteiger partial charge in [-0.05, 0) is 18.1 Å². The standard InChI is InChI=1S/C17H23F2NO2Si/c1-7-11(21)8-12-14(18)9-15(19)13(10-20)16(12)22-23(5,6)17(2,3)4/h7,9,11,21H,1,8H2,2-6H3. The molecule has 1 unspecified atom stereocenters. The van der Waals surface area contributed by atoms with Crippen LogP contribution in [0.3, 0.4) is 0 Å². The lowest BCUT2D eigenvalue weighted by Crippen LogP contribution is -2.44.